The second-order valence-corrected chi connectivity index (χ2v) is 9.61. The zero-order valence-corrected chi connectivity index (χ0v) is 20.1. The lowest BCUT2D eigenvalue weighted by Gasteiger charge is -2.16. The van der Waals surface area contributed by atoms with E-state index >= 15 is 0 Å². The Balaban J connectivity index is 0.00000320. The van der Waals surface area contributed by atoms with Gasteiger partial charge in [0.05, 0.1) is 17.7 Å². The number of ether oxygens (including phenoxy) is 3. The summed E-state index contributed by atoms with van der Waals surface area (Å²) in [5.41, 5.74) is 3.16. The third kappa shape index (κ3) is 4.78. The highest BCUT2D eigenvalue weighted by molar-refractivity contribution is 5.94. The largest absolute Gasteiger partial charge is 0.586 e. The molecule has 2 aromatic carbocycles. The summed E-state index contributed by atoms with van der Waals surface area (Å²) >= 11 is 0. The van der Waals surface area contributed by atoms with Gasteiger partial charge in [0.15, 0.2) is 11.5 Å². The van der Waals surface area contributed by atoms with Gasteiger partial charge < -0.3 is 19.3 Å². The number of Topliss-reactive ketones (excluding diaryl/α,β-unsaturated/α-hetero) is 1. The number of ketones is 1. The fraction of sp³-hybridized carbons (Fsp3) is 0.357. The number of aryl methyl sites for hydroxylation is 1. The number of fused-ring (bicyclic) bond motifs is 1. The Morgan fingerprint density at radius 1 is 1.14 bits per heavy atom. The molecule has 1 fully saturated rings. The molecular weight excluding hydrogens is 468 g/mol. The van der Waals surface area contributed by atoms with Gasteiger partial charge in [-0.2, -0.15) is 0 Å². The molecule has 5 rings (SSSR count). The predicted molar refractivity (Wildman–Crippen MR) is 131 cm³/mol. The Labute approximate surface area is 209 Å². The van der Waals surface area contributed by atoms with Crippen LogP contribution in [0.2, 0.25) is 0 Å². The van der Waals surface area contributed by atoms with Crippen molar-refractivity contribution in [2.24, 2.45) is 5.92 Å². The Bertz CT molecular complexity index is 1310. The van der Waals surface area contributed by atoms with Gasteiger partial charge >= 0.3 is 6.29 Å². The summed E-state index contributed by atoms with van der Waals surface area (Å²) < 4.78 is 41.7. The van der Waals surface area contributed by atoms with E-state index in [-0.39, 0.29) is 37.7 Å². The number of pyridine rings is 1. The summed E-state index contributed by atoms with van der Waals surface area (Å²) in [5.74, 6) is 0.613. The lowest BCUT2D eigenvalue weighted by atomic mass is 9.88. The Morgan fingerprint density at radius 3 is 2.67 bits per heavy atom. The maximum atomic E-state index is 13.4. The molecule has 190 valence electrons. The fourth-order valence-electron chi connectivity index (χ4n) is 4.42. The molecule has 1 saturated carbocycles. The molecule has 1 aliphatic heterocycles. The van der Waals surface area contributed by atoms with Crippen LogP contribution in [0.4, 0.5) is 8.78 Å². The van der Waals surface area contributed by atoms with Gasteiger partial charge in [0.1, 0.15) is 11.5 Å². The molecule has 0 spiro atoms. The highest BCUT2D eigenvalue weighted by atomic mass is 19.3. The van der Waals surface area contributed by atoms with Gasteiger partial charge in [-0.1, -0.05) is 31.2 Å². The second kappa shape index (κ2) is 9.17. The Morgan fingerprint density at radius 2 is 1.92 bits per heavy atom. The van der Waals surface area contributed by atoms with Crippen molar-refractivity contribution in [2.45, 2.75) is 44.8 Å². The minimum Gasteiger partial charge on any atom is -0.493 e. The molecule has 1 aromatic heterocycles. The van der Waals surface area contributed by atoms with Crippen LogP contribution in [0, 0.1) is 12.8 Å². The van der Waals surface area contributed by atoms with Crippen LogP contribution in [0.25, 0.3) is 11.3 Å². The van der Waals surface area contributed by atoms with E-state index in [1.807, 2.05) is 50.2 Å². The van der Waals surface area contributed by atoms with E-state index in [0.717, 1.165) is 16.8 Å². The van der Waals surface area contributed by atoms with Crippen molar-refractivity contribution < 1.29 is 34.3 Å². The monoisotopic (exact) mass is 497 g/mol. The van der Waals surface area contributed by atoms with E-state index in [2.05, 4.69) is 9.47 Å². The van der Waals surface area contributed by atoms with Crippen molar-refractivity contribution in [3.63, 3.8) is 0 Å². The van der Waals surface area contributed by atoms with Gasteiger partial charge in [-0.3, -0.25) is 9.78 Å². The van der Waals surface area contributed by atoms with Gasteiger partial charge in [-0.05, 0) is 61.2 Å². The van der Waals surface area contributed by atoms with E-state index in [0.29, 0.717) is 36.5 Å². The van der Waals surface area contributed by atoms with Crippen LogP contribution in [0.1, 0.15) is 38.0 Å². The second-order valence-electron chi connectivity index (χ2n) is 9.61. The van der Waals surface area contributed by atoms with E-state index in [4.69, 9.17) is 9.72 Å². The predicted octanol–water partition coefficient (Wildman–Crippen LogP) is 5.48. The number of carbonyl (C=O) groups excluding carboxylic acids is 1. The molecule has 8 heteroatoms. The quantitative estimate of drug-likeness (QED) is 0.422. The molecular formula is C28H29F2NO5. The standard InChI is InChI=1S/C28H27F2NO5.H2/c1-17(15-32)16-34-22-5-3-4-19(12-22)26-18(2)6-8-21(31-26)14-25(33)27(10-11-27)20-7-9-23-24(13-20)36-28(29,30)35-23;/h3-9,12-13,17,32H,10-11,14-16H2,1-2H3;1H/t17-;/m0./s1. The SMILES string of the molecule is Cc1ccc(CC(=O)C2(c3ccc4c(c3)OC(F)(F)O4)CC2)nc1-c1cccc(OC[C@@H](C)CO)c1.[HH]. The first kappa shape index (κ1) is 24.2. The van der Waals surface area contributed by atoms with Gasteiger partial charge in [-0.25, -0.2) is 0 Å². The van der Waals surface area contributed by atoms with E-state index in [1.165, 1.54) is 12.1 Å². The highest BCUT2D eigenvalue weighted by Gasteiger charge is 2.52. The van der Waals surface area contributed by atoms with Crippen molar-refractivity contribution in [3.8, 4) is 28.5 Å². The molecule has 6 nitrogen and oxygen atoms in total. The maximum Gasteiger partial charge on any atom is 0.586 e. The lowest BCUT2D eigenvalue weighted by Crippen LogP contribution is -2.26. The molecule has 0 unspecified atom stereocenters. The van der Waals surface area contributed by atoms with Gasteiger partial charge in [-0.15, -0.1) is 8.78 Å². The molecule has 1 atom stereocenters. The first-order chi connectivity index (χ1) is 17.2. The molecule has 0 radical (unpaired) electrons. The van der Waals surface area contributed by atoms with Gasteiger partial charge in [0, 0.05) is 31.6 Å². The van der Waals surface area contributed by atoms with E-state index in [9.17, 15) is 18.7 Å². The van der Waals surface area contributed by atoms with Crippen LogP contribution in [-0.2, 0) is 16.6 Å². The summed E-state index contributed by atoms with van der Waals surface area (Å²) in [6.45, 7) is 4.32. The van der Waals surface area contributed by atoms with Crippen LogP contribution >= 0.6 is 0 Å². The zero-order valence-electron chi connectivity index (χ0n) is 20.1. The van der Waals surface area contributed by atoms with Crippen LogP contribution in [0.15, 0.2) is 54.6 Å². The smallest absolute Gasteiger partial charge is 0.493 e. The number of alkyl halides is 2. The number of aromatic nitrogens is 1. The van der Waals surface area contributed by atoms with Crippen molar-refractivity contribution >= 4 is 5.78 Å². The molecule has 0 amide bonds. The number of rotatable bonds is 9. The average molecular weight is 498 g/mol. The van der Waals surface area contributed by atoms with Gasteiger partial charge in [0.2, 0.25) is 0 Å². The fourth-order valence-corrected chi connectivity index (χ4v) is 4.42. The topological polar surface area (TPSA) is 77.9 Å². The number of aliphatic hydroxyl groups is 1. The summed E-state index contributed by atoms with van der Waals surface area (Å²) in [6.07, 6.45) is -2.27. The van der Waals surface area contributed by atoms with Crippen molar-refractivity contribution in [1.29, 1.82) is 0 Å². The van der Waals surface area contributed by atoms with Crippen molar-refractivity contribution in [1.82, 2.24) is 4.98 Å². The summed E-state index contributed by atoms with van der Waals surface area (Å²) in [6, 6.07) is 15.9. The number of hydrogen-bond donors (Lipinski definition) is 1. The van der Waals surface area contributed by atoms with Gasteiger partial charge in [0.25, 0.3) is 0 Å². The number of nitrogens with zero attached hydrogens (tertiary/aromatic N) is 1. The van der Waals surface area contributed by atoms with E-state index < -0.39 is 11.7 Å². The van der Waals surface area contributed by atoms with Crippen LogP contribution in [-0.4, -0.2) is 35.4 Å². The number of benzene rings is 2. The summed E-state index contributed by atoms with van der Waals surface area (Å²) in [5, 5.41) is 9.22. The first-order valence-electron chi connectivity index (χ1n) is 11.9. The normalized spacial score (nSPS) is 17.5. The molecule has 3 aromatic rings. The maximum absolute atomic E-state index is 13.4. The van der Waals surface area contributed by atoms with Crippen LogP contribution < -0.4 is 14.2 Å². The number of halogens is 2. The number of hydrogen-bond acceptors (Lipinski definition) is 6. The lowest BCUT2D eigenvalue weighted by molar-refractivity contribution is -0.286. The zero-order chi connectivity index (χ0) is 25.5. The molecule has 36 heavy (non-hydrogen) atoms. The Kier molecular flexibility index (Phi) is 6.16. The molecule has 0 saturated heterocycles. The molecule has 2 heterocycles. The van der Waals surface area contributed by atoms with Crippen molar-refractivity contribution in [2.75, 3.05) is 13.2 Å². The van der Waals surface area contributed by atoms with Crippen molar-refractivity contribution in [3.05, 3.63) is 71.4 Å². The molecule has 1 aliphatic carbocycles. The summed E-state index contributed by atoms with van der Waals surface area (Å²) in [7, 11) is 0. The van der Waals surface area contributed by atoms with E-state index in [1.54, 1.807) is 6.07 Å². The molecule has 1 N–H and O–H groups in total. The third-order valence-electron chi connectivity index (χ3n) is 6.69. The minimum atomic E-state index is -3.69. The summed E-state index contributed by atoms with van der Waals surface area (Å²) in [4.78, 5) is 18.2. The third-order valence-corrected chi connectivity index (χ3v) is 6.69. The number of carbonyl (C=O) groups is 1. The van der Waals surface area contributed by atoms with Crippen LogP contribution in [0.3, 0.4) is 0 Å². The Hall–Kier alpha value is -3.52. The first-order valence-corrected chi connectivity index (χ1v) is 11.9. The minimum absolute atomic E-state index is 0. The number of aliphatic hydroxyl groups excluding tert-OH is 1. The molecule has 0 bridgehead atoms. The van der Waals surface area contributed by atoms with Crippen LogP contribution in [0.5, 0.6) is 17.2 Å². The average Bonchev–Trinajstić information content (AvgIpc) is 3.61. The highest BCUT2D eigenvalue weighted by Crippen LogP contribution is 2.52. The molecule has 2 aliphatic rings.